The summed E-state index contributed by atoms with van der Waals surface area (Å²) >= 11 is 2.27. The van der Waals surface area contributed by atoms with Crippen molar-refractivity contribution >= 4 is 78.3 Å². The largest absolute Gasteiger partial charge is 0.352 e. The number of aryl methyl sites for hydroxylation is 1. The molecule has 3 N–H and O–H groups in total. The molecule has 4 aromatic rings. The lowest BCUT2D eigenvalue weighted by molar-refractivity contribution is 0.607. The number of fused-ring (bicyclic) bond motifs is 1. The molecule has 1 atom stereocenters. The van der Waals surface area contributed by atoms with Crippen molar-refractivity contribution in [2.75, 3.05) is 21.6 Å². The average molecular weight is 592 g/mol. The van der Waals surface area contributed by atoms with E-state index in [0.29, 0.717) is 46.2 Å². The Bertz CT molecular complexity index is 1500. The van der Waals surface area contributed by atoms with Crippen LogP contribution in [0.25, 0.3) is 11.2 Å². The second-order valence-corrected chi connectivity index (χ2v) is 10.8. The highest BCUT2D eigenvalue weighted by Crippen LogP contribution is 2.36. The minimum absolute atomic E-state index is 0.287. The van der Waals surface area contributed by atoms with Crippen LogP contribution in [-0.4, -0.2) is 34.0 Å². The molecule has 0 aliphatic rings. The first-order valence-electron chi connectivity index (χ1n) is 9.52. The Morgan fingerprint density at radius 1 is 1.00 bits per heavy atom. The van der Waals surface area contributed by atoms with Gasteiger partial charge >= 0.3 is 0 Å². The molecule has 33 heavy (non-hydrogen) atoms. The van der Waals surface area contributed by atoms with Crippen LogP contribution in [0.3, 0.4) is 0 Å². The number of nitrogens with zero attached hydrogens (tertiary/aromatic N) is 5. The van der Waals surface area contributed by atoms with Crippen LogP contribution in [0.1, 0.15) is 11.5 Å². The van der Waals surface area contributed by atoms with Crippen molar-refractivity contribution in [3.8, 4) is 6.07 Å². The van der Waals surface area contributed by atoms with E-state index >= 15 is 0 Å². The lowest BCUT2D eigenvalue weighted by atomic mass is 10.2. The first-order chi connectivity index (χ1) is 15.8. The van der Waals surface area contributed by atoms with Gasteiger partial charge in [0.15, 0.2) is 5.65 Å². The minimum atomic E-state index is -3.47. The Hall–Kier alpha value is -3.01. The Balaban J connectivity index is 1.82. The molecule has 0 fully saturated rings. The van der Waals surface area contributed by atoms with Crippen LogP contribution in [0.5, 0.6) is 0 Å². The first-order valence-corrected chi connectivity index (χ1v) is 15.5. The maximum absolute atomic E-state index is 11.8. The molecule has 0 aliphatic carbocycles. The molecular formula is C20H18IN8O2PS. The fourth-order valence-corrected chi connectivity index (χ4v) is 5.86. The van der Waals surface area contributed by atoms with E-state index in [0.717, 1.165) is 12.1 Å². The second kappa shape index (κ2) is 9.46. The molecule has 0 spiro atoms. The quantitative estimate of drug-likeness (QED) is 0.208. The molecule has 10 nitrogen and oxygen atoms in total. The van der Waals surface area contributed by atoms with E-state index in [9.17, 15) is 8.42 Å². The molecular weight excluding hydrogens is 574 g/mol. The number of sulfonamides is 1. The highest BCUT2D eigenvalue weighted by atomic mass is 127. The lowest BCUT2D eigenvalue weighted by Gasteiger charge is -2.14. The summed E-state index contributed by atoms with van der Waals surface area (Å²) < 4.78 is 28.1. The minimum Gasteiger partial charge on any atom is -0.352 e. The highest BCUT2D eigenvalue weighted by molar-refractivity contribution is 14.2. The topological polar surface area (TPSA) is 138 Å². The molecule has 0 saturated carbocycles. The number of rotatable bonds is 7. The van der Waals surface area contributed by atoms with Gasteiger partial charge in [-0.1, -0.05) is 18.2 Å². The molecule has 13 heteroatoms. The van der Waals surface area contributed by atoms with Gasteiger partial charge in [-0.15, -0.1) is 0 Å². The number of hydrogen-bond donors (Lipinski definition) is 3. The SMILES string of the molecule is Cc1nc2c(Nc3ccccc3NS(C)(=O)=O)cc(Nc3cccc(C#N)n3)nc2n1PI. The molecule has 0 saturated heterocycles. The van der Waals surface area contributed by atoms with Crippen molar-refractivity contribution in [2.45, 2.75) is 6.92 Å². The summed E-state index contributed by atoms with van der Waals surface area (Å²) in [6.45, 7) is 1.90. The molecule has 0 radical (unpaired) electrons. The number of aromatic nitrogens is 4. The van der Waals surface area contributed by atoms with Gasteiger partial charge in [0.2, 0.25) is 10.0 Å². The van der Waals surface area contributed by atoms with Crippen LogP contribution in [-0.2, 0) is 10.0 Å². The Kier molecular flexibility index (Phi) is 6.64. The predicted molar refractivity (Wildman–Crippen MR) is 140 cm³/mol. The normalized spacial score (nSPS) is 11.6. The molecule has 1 aromatic carbocycles. The summed E-state index contributed by atoms with van der Waals surface area (Å²) in [6.07, 6.45) is 1.48. The second-order valence-electron chi connectivity index (χ2n) is 7.00. The Morgan fingerprint density at radius 2 is 1.76 bits per heavy atom. The average Bonchev–Trinajstić information content (AvgIpc) is 3.09. The zero-order valence-corrected chi connectivity index (χ0v) is 21.4. The summed E-state index contributed by atoms with van der Waals surface area (Å²) in [5.41, 5.74) is 3.21. The van der Waals surface area contributed by atoms with E-state index in [1.807, 2.05) is 17.3 Å². The number of anilines is 5. The van der Waals surface area contributed by atoms with Gasteiger partial charge in [-0.05, 0) is 53.2 Å². The van der Waals surface area contributed by atoms with E-state index in [4.69, 9.17) is 10.2 Å². The number of halogens is 1. The summed E-state index contributed by atoms with van der Waals surface area (Å²) in [4.78, 5) is 13.6. The number of nitrogens with one attached hydrogen (secondary N) is 3. The number of benzene rings is 1. The van der Waals surface area contributed by atoms with Gasteiger partial charge < -0.3 is 10.6 Å². The van der Waals surface area contributed by atoms with E-state index < -0.39 is 10.0 Å². The molecule has 0 amide bonds. The number of imidazole rings is 1. The van der Waals surface area contributed by atoms with Crippen LogP contribution in [0.15, 0.2) is 48.5 Å². The third-order valence-corrected chi connectivity index (χ3v) is 7.22. The molecule has 4 rings (SSSR count). The maximum atomic E-state index is 11.8. The van der Waals surface area contributed by atoms with Crippen molar-refractivity contribution in [3.05, 3.63) is 60.0 Å². The van der Waals surface area contributed by atoms with Crippen LogP contribution >= 0.6 is 28.4 Å². The van der Waals surface area contributed by atoms with Gasteiger partial charge in [0, 0.05) is 6.07 Å². The fourth-order valence-electron chi connectivity index (χ4n) is 3.14. The Morgan fingerprint density at radius 3 is 2.45 bits per heavy atom. The molecule has 168 valence electrons. The van der Waals surface area contributed by atoms with Crippen LogP contribution in [0.4, 0.5) is 28.7 Å². The highest BCUT2D eigenvalue weighted by Gasteiger charge is 2.16. The summed E-state index contributed by atoms with van der Waals surface area (Å²) in [7, 11) is -3.47. The standard InChI is InChI=1S/C20H18IN8O2PS/c1-12-23-19-16(25-14-7-3-4-8-15(14)28-33(2,30)31)10-18(27-20(19)29(12)32-21)26-17-9-5-6-13(11-22)24-17/h3-10,28,32H,1-2H3,(H2,24,25,26,27). The molecule has 3 aromatic heterocycles. The summed E-state index contributed by atoms with van der Waals surface area (Å²) in [5, 5.41) is 15.6. The van der Waals surface area contributed by atoms with Crippen molar-refractivity contribution < 1.29 is 8.42 Å². The third kappa shape index (κ3) is 5.32. The lowest BCUT2D eigenvalue weighted by Crippen LogP contribution is -2.11. The summed E-state index contributed by atoms with van der Waals surface area (Å²) in [6, 6.07) is 15.9. The zero-order chi connectivity index (χ0) is 23.6. The number of pyridine rings is 2. The van der Waals surface area contributed by atoms with Gasteiger partial charge in [-0.25, -0.2) is 23.4 Å². The monoisotopic (exact) mass is 592 g/mol. The van der Waals surface area contributed by atoms with Gasteiger partial charge in [0.25, 0.3) is 0 Å². The van der Waals surface area contributed by atoms with E-state index in [-0.39, 0.29) is 5.69 Å². The zero-order valence-electron chi connectivity index (χ0n) is 17.5. The van der Waals surface area contributed by atoms with Gasteiger partial charge in [0.1, 0.15) is 34.7 Å². The van der Waals surface area contributed by atoms with Gasteiger partial charge in [-0.2, -0.15) is 5.26 Å². The van der Waals surface area contributed by atoms with E-state index in [1.54, 1.807) is 48.5 Å². The maximum Gasteiger partial charge on any atom is 0.229 e. The van der Waals surface area contributed by atoms with Crippen molar-refractivity contribution in [3.63, 3.8) is 0 Å². The van der Waals surface area contributed by atoms with Crippen LogP contribution < -0.4 is 15.4 Å². The molecule has 1 unspecified atom stereocenters. The third-order valence-electron chi connectivity index (χ3n) is 4.48. The molecule has 0 aliphatic heterocycles. The first kappa shape index (κ1) is 23.2. The fraction of sp³-hybridized carbons (Fsp3) is 0.100. The summed E-state index contributed by atoms with van der Waals surface area (Å²) in [5.74, 6) is 1.78. The van der Waals surface area contributed by atoms with Crippen molar-refractivity contribution in [2.24, 2.45) is 0 Å². The van der Waals surface area contributed by atoms with E-state index in [1.165, 1.54) is 0 Å². The van der Waals surface area contributed by atoms with E-state index in [2.05, 4.69) is 47.4 Å². The van der Waals surface area contributed by atoms with Crippen molar-refractivity contribution in [1.29, 1.82) is 5.26 Å². The van der Waals surface area contributed by atoms with Crippen LogP contribution in [0, 0.1) is 18.3 Å². The molecule has 3 heterocycles. The number of nitriles is 1. The van der Waals surface area contributed by atoms with Crippen LogP contribution in [0.2, 0.25) is 0 Å². The predicted octanol–water partition coefficient (Wildman–Crippen LogP) is 4.66. The Labute approximate surface area is 205 Å². The molecule has 0 bridgehead atoms. The van der Waals surface area contributed by atoms with Crippen molar-refractivity contribution in [1.82, 2.24) is 19.3 Å². The smallest absolute Gasteiger partial charge is 0.229 e. The number of para-hydroxylation sites is 2. The number of hydrogen-bond acceptors (Lipinski definition) is 8. The van der Waals surface area contributed by atoms with Gasteiger partial charge in [0.05, 0.1) is 29.7 Å². The van der Waals surface area contributed by atoms with Gasteiger partial charge in [-0.3, -0.25) is 9.06 Å².